The van der Waals surface area contributed by atoms with Crippen LogP contribution in [0.3, 0.4) is 0 Å². The maximum absolute atomic E-state index is 13.2. The predicted molar refractivity (Wildman–Crippen MR) is 103 cm³/mol. The molecule has 0 aliphatic heterocycles. The Kier molecular flexibility index (Phi) is 4.75. The largest absolute Gasteiger partial charge is 0.345 e. The lowest BCUT2D eigenvalue weighted by Crippen LogP contribution is -2.16. The summed E-state index contributed by atoms with van der Waals surface area (Å²) in [4.78, 5) is 7.40. The van der Waals surface area contributed by atoms with E-state index in [-0.39, 0.29) is 5.82 Å². The van der Waals surface area contributed by atoms with Crippen LogP contribution in [0.1, 0.15) is 11.1 Å². The van der Waals surface area contributed by atoms with Crippen molar-refractivity contribution in [2.75, 3.05) is 6.54 Å². The zero-order valence-corrected chi connectivity index (χ0v) is 14.4. The topological polar surface area (TPSA) is 40.7 Å². The van der Waals surface area contributed by atoms with Crippen molar-refractivity contribution in [3.05, 3.63) is 90.0 Å². The Bertz CT molecular complexity index is 1010. The predicted octanol–water partition coefficient (Wildman–Crippen LogP) is 4.70. The molecule has 0 saturated carbocycles. The van der Waals surface area contributed by atoms with Gasteiger partial charge in [0, 0.05) is 6.54 Å². The Labute approximate surface area is 151 Å². The van der Waals surface area contributed by atoms with Crippen LogP contribution >= 0.6 is 0 Å². The minimum absolute atomic E-state index is 0.175. The van der Waals surface area contributed by atoms with Gasteiger partial charge in [-0.1, -0.05) is 42.5 Å². The highest BCUT2D eigenvalue weighted by Gasteiger charge is 2.02. The third-order valence-corrected chi connectivity index (χ3v) is 4.52. The molecule has 4 aromatic rings. The lowest BCUT2D eigenvalue weighted by molar-refractivity contribution is 0.622. The quantitative estimate of drug-likeness (QED) is 0.497. The summed E-state index contributed by atoms with van der Waals surface area (Å²) in [5.41, 5.74) is 6.63. The molecule has 0 amide bonds. The van der Waals surface area contributed by atoms with Gasteiger partial charge in [0.2, 0.25) is 0 Å². The second-order valence-electron chi connectivity index (χ2n) is 6.39. The molecule has 3 aromatic carbocycles. The number of hydrogen-bond donors (Lipinski definition) is 2. The third-order valence-electron chi connectivity index (χ3n) is 4.52. The van der Waals surface area contributed by atoms with E-state index >= 15 is 0 Å². The van der Waals surface area contributed by atoms with Crippen LogP contribution < -0.4 is 5.32 Å². The van der Waals surface area contributed by atoms with Crippen molar-refractivity contribution in [2.24, 2.45) is 0 Å². The van der Waals surface area contributed by atoms with Crippen molar-refractivity contribution < 1.29 is 4.39 Å². The molecular formula is C22H20FN3. The molecule has 4 rings (SSSR count). The molecule has 0 saturated heterocycles. The zero-order chi connectivity index (χ0) is 17.8. The molecule has 0 fully saturated rings. The van der Waals surface area contributed by atoms with Crippen LogP contribution in [-0.4, -0.2) is 16.5 Å². The summed E-state index contributed by atoms with van der Waals surface area (Å²) in [6.45, 7) is 1.62. The molecule has 0 atom stereocenters. The number of rotatable bonds is 6. The summed E-state index contributed by atoms with van der Waals surface area (Å²) in [6.07, 6.45) is 2.53. The lowest BCUT2D eigenvalue weighted by atomic mass is 10.0. The van der Waals surface area contributed by atoms with Crippen LogP contribution in [0.2, 0.25) is 0 Å². The maximum atomic E-state index is 13.2. The molecule has 0 aliphatic rings. The number of fused-ring (bicyclic) bond motifs is 1. The van der Waals surface area contributed by atoms with Gasteiger partial charge in [-0.25, -0.2) is 9.37 Å². The van der Waals surface area contributed by atoms with Gasteiger partial charge in [0.05, 0.1) is 17.4 Å². The SMILES string of the molecule is Fc1cccc(CCNCc2ccc(-c3ccc4nc[nH]c4c3)cc2)c1. The molecule has 0 spiro atoms. The Hall–Kier alpha value is -2.98. The fourth-order valence-corrected chi connectivity index (χ4v) is 3.09. The first-order valence-electron chi connectivity index (χ1n) is 8.75. The van der Waals surface area contributed by atoms with Crippen molar-refractivity contribution in [1.82, 2.24) is 15.3 Å². The van der Waals surface area contributed by atoms with E-state index in [0.29, 0.717) is 0 Å². The average Bonchev–Trinajstić information content (AvgIpc) is 3.14. The van der Waals surface area contributed by atoms with Crippen LogP contribution in [0.25, 0.3) is 22.2 Å². The Morgan fingerprint density at radius 2 is 1.73 bits per heavy atom. The Morgan fingerprint density at radius 3 is 2.58 bits per heavy atom. The summed E-state index contributed by atoms with van der Waals surface area (Å²) in [5.74, 6) is -0.175. The van der Waals surface area contributed by atoms with Gasteiger partial charge in [0.1, 0.15) is 5.82 Å². The van der Waals surface area contributed by atoms with Gasteiger partial charge < -0.3 is 10.3 Å². The van der Waals surface area contributed by atoms with Crippen LogP contribution in [0.15, 0.2) is 73.1 Å². The molecule has 0 unspecified atom stereocenters. The number of imidazole rings is 1. The molecule has 130 valence electrons. The summed E-state index contributed by atoms with van der Waals surface area (Å²) >= 11 is 0. The highest BCUT2D eigenvalue weighted by Crippen LogP contribution is 2.23. The number of benzene rings is 3. The molecule has 0 aliphatic carbocycles. The van der Waals surface area contributed by atoms with Crippen molar-refractivity contribution >= 4 is 11.0 Å². The Morgan fingerprint density at radius 1 is 0.885 bits per heavy atom. The second kappa shape index (κ2) is 7.50. The molecular weight excluding hydrogens is 325 g/mol. The standard InChI is InChI=1S/C22H20FN3/c23-20-3-1-2-16(12-20)10-11-24-14-17-4-6-18(7-5-17)19-8-9-21-22(13-19)26-15-25-21/h1-9,12-13,15,24H,10-11,14H2,(H,25,26). The highest BCUT2D eigenvalue weighted by atomic mass is 19.1. The summed E-state index contributed by atoms with van der Waals surface area (Å²) in [7, 11) is 0. The number of aromatic nitrogens is 2. The lowest BCUT2D eigenvalue weighted by Gasteiger charge is -2.07. The highest BCUT2D eigenvalue weighted by molar-refractivity contribution is 5.81. The molecule has 1 heterocycles. The summed E-state index contributed by atoms with van der Waals surface area (Å²) in [5, 5.41) is 3.41. The van der Waals surface area contributed by atoms with Crippen LogP contribution in [0, 0.1) is 5.82 Å². The first-order chi connectivity index (χ1) is 12.8. The first-order valence-corrected chi connectivity index (χ1v) is 8.75. The van der Waals surface area contributed by atoms with E-state index in [9.17, 15) is 4.39 Å². The molecule has 3 nitrogen and oxygen atoms in total. The van der Waals surface area contributed by atoms with E-state index < -0.39 is 0 Å². The van der Waals surface area contributed by atoms with Gasteiger partial charge in [-0.2, -0.15) is 0 Å². The van der Waals surface area contributed by atoms with Crippen molar-refractivity contribution in [3.8, 4) is 11.1 Å². The van der Waals surface area contributed by atoms with E-state index in [2.05, 4.69) is 51.7 Å². The molecule has 1 aromatic heterocycles. The van der Waals surface area contributed by atoms with Gasteiger partial charge in [0.15, 0.2) is 0 Å². The number of hydrogen-bond acceptors (Lipinski definition) is 2. The second-order valence-corrected chi connectivity index (χ2v) is 6.39. The zero-order valence-electron chi connectivity index (χ0n) is 14.4. The van der Waals surface area contributed by atoms with E-state index in [4.69, 9.17) is 0 Å². The Balaban J connectivity index is 1.34. The number of nitrogens with one attached hydrogen (secondary N) is 2. The summed E-state index contributed by atoms with van der Waals surface area (Å²) in [6, 6.07) is 21.6. The first kappa shape index (κ1) is 16.5. The monoisotopic (exact) mass is 345 g/mol. The average molecular weight is 345 g/mol. The van der Waals surface area contributed by atoms with Crippen molar-refractivity contribution in [1.29, 1.82) is 0 Å². The van der Waals surface area contributed by atoms with Gasteiger partial charge in [-0.05, 0) is 59.5 Å². The molecule has 4 heteroatoms. The van der Waals surface area contributed by atoms with Gasteiger partial charge in [-0.3, -0.25) is 0 Å². The van der Waals surface area contributed by atoms with Gasteiger partial charge >= 0.3 is 0 Å². The fraction of sp³-hybridized carbons (Fsp3) is 0.136. The number of aromatic amines is 1. The molecule has 0 bridgehead atoms. The van der Waals surface area contributed by atoms with E-state index in [1.807, 2.05) is 12.1 Å². The normalized spacial score (nSPS) is 11.1. The van der Waals surface area contributed by atoms with Gasteiger partial charge in [0.25, 0.3) is 0 Å². The van der Waals surface area contributed by atoms with E-state index in [1.165, 1.54) is 22.8 Å². The van der Waals surface area contributed by atoms with E-state index in [1.54, 1.807) is 18.5 Å². The van der Waals surface area contributed by atoms with Crippen molar-refractivity contribution in [3.63, 3.8) is 0 Å². The maximum Gasteiger partial charge on any atom is 0.123 e. The fourth-order valence-electron chi connectivity index (χ4n) is 3.09. The van der Waals surface area contributed by atoms with Crippen LogP contribution in [0.5, 0.6) is 0 Å². The number of nitrogens with zero attached hydrogens (tertiary/aromatic N) is 1. The molecule has 2 N–H and O–H groups in total. The van der Waals surface area contributed by atoms with Gasteiger partial charge in [-0.15, -0.1) is 0 Å². The van der Waals surface area contributed by atoms with E-state index in [0.717, 1.165) is 36.1 Å². The van der Waals surface area contributed by atoms with Crippen LogP contribution in [-0.2, 0) is 13.0 Å². The summed E-state index contributed by atoms with van der Waals surface area (Å²) < 4.78 is 13.2. The minimum atomic E-state index is -0.175. The number of H-pyrrole nitrogens is 1. The molecule has 0 radical (unpaired) electrons. The molecule has 26 heavy (non-hydrogen) atoms. The smallest absolute Gasteiger partial charge is 0.123 e. The van der Waals surface area contributed by atoms with Crippen LogP contribution in [0.4, 0.5) is 4.39 Å². The third kappa shape index (κ3) is 3.81. The van der Waals surface area contributed by atoms with Crippen molar-refractivity contribution in [2.45, 2.75) is 13.0 Å². The number of halogens is 1. The minimum Gasteiger partial charge on any atom is -0.345 e.